The number of carbonyl (C=O) groups is 2. The van der Waals surface area contributed by atoms with Crippen molar-refractivity contribution in [3.8, 4) is 11.3 Å². The molecule has 1 unspecified atom stereocenters. The van der Waals surface area contributed by atoms with Gasteiger partial charge in [-0.05, 0) is 50.6 Å². The van der Waals surface area contributed by atoms with Gasteiger partial charge in [0.2, 0.25) is 0 Å². The Hall–Kier alpha value is -2.38. The molecule has 1 amide bonds. The Balaban J connectivity index is 1.64. The first-order valence-electron chi connectivity index (χ1n) is 8.88. The van der Waals surface area contributed by atoms with Crippen LogP contribution in [0.15, 0.2) is 34.9 Å². The molecule has 144 valence electrons. The van der Waals surface area contributed by atoms with Gasteiger partial charge < -0.3 is 14.5 Å². The van der Waals surface area contributed by atoms with Crippen molar-refractivity contribution in [2.75, 3.05) is 26.7 Å². The Morgan fingerprint density at radius 3 is 2.74 bits per heavy atom. The van der Waals surface area contributed by atoms with Crippen LogP contribution >= 0.6 is 11.6 Å². The van der Waals surface area contributed by atoms with Gasteiger partial charge in [-0.1, -0.05) is 16.8 Å². The molecule has 1 atom stereocenters. The van der Waals surface area contributed by atoms with E-state index < -0.39 is 5.97 Å². The minimum Gasteiger partial charge on any atom is -0.480 e. The number of carboxylic acid groups (broad SMARTS) is 1. The maximum absolute atomic E-state index is 12.8. The Kier molecular flexibility index (Phi) is 6.13. The van der Waals surface area contributed by atoms with Crippen LogP contribution in [0.2, 0.25) is 5.02 Å². The molecule has 0 saturated carbocycles. The third kappa shape index (κ3) is 4.87. The molecule has 2 heterocycles. The molecule has 8 heteroatoms. The molecule has 7 nitrogen and oxygen atoms in total. The first-order valence-corrected chi connectivity index (χ1v) is 9.26. The summed E-state index contributed by atoms with van der Waals surface area (Å²) in [4.78, 5) is 27.3. The predicted octanol–water partition coefficient (Wildman–Crippen LogP) is 3.01. The number of aliphatic carboxylic acids is 1. The highest BCUT2D eigenvalue weighted by Gasteiger charge is 2.26. The summed E-state index contributed by atoms with van der Waals surface area (Å²) >= 11 is 5.89. The zero-order valence-electron chi connectivity index (χ0n) is 15.1. The van der Waals surface area contributed by atoms with Crippen molar-refractivity contribution in [1.29, 1.82) is 0 Å². The fourth-order valence-electron chi connectivity index (χ4n) is 3.35. The zero-order chi connectivity index (χ0) is 19.4. The van der Waals surface area contributed by atoms with Crippen LogP contribution in [0.4, 0.5) is 0 Å². The molecule has 0 spiro atoms. The average Bonchev–Trinajstić information content (AvgIpc) is 2.98. The van der Waals surface area contributed by atoms with Crippen molar-refractivity contribution in [1.82, 2.24) is 15.0 Å². The Bertz CT molecular complexity index is 806. The molecular weight excluding hydrogens is 370 g/mol. The second-order valence-electron chi connectivity index (χ2n) is 6.77. The number of likely N-dealkylation sites (N-methyl/N-ethyl adjacent to an activating group) is 1. The van der Waals surface area contributed by atoms with Gasteiger partial charge in [0.15, 0.2) is 11.5 Å². The zero-order valence-corrected chi connectivity index (χ0v) is 15.9. The highest BCUT2D eigenvalue weighted by molar-refractivity contribution is 6.30. The van der Waals surface area contributed by atoms with Gasteiger partial charge in [-0.3, -0.25) is 14.5 Å². The summed E-state index contributed by atoms with van der Waals surface area (Å²) in [6, 6.07) is 8.93. The number of hydrogen-bond donors (Lipinski definition) is 1. The first-order chi connectivity index (χ1) is 12.9. The van der Waals surface area contributed by atoms with E-state index in [-0.39, 0.29) is 24.2 Å². The molecule has 1 N–H and O–H groups in total. The van der Waals surface area contributed by atoms with Gasteiger partial charge in [-0.25, -0.2) is 0 Å². The molecule has 1 aliphatic rings. The van der Waals surface area contributed by atoms with E-state index >= 15 is 0 Å². The van der Waals surface area contributed by atoms with Gasteiger partial charge in [-0.2, -0.15) is 0 Å². The summed E-state index contributed by atoms with van der Waals surface area (Å²) in [5, 5.41) is 13.5. The third-order valence-electron chi connectivity index (χ3n) is 4.85. The van der Waals surface area contributed by atoms with E-state index in [0.29, 0.717) is 23.9 Å². The maximum atomic E-state index is 12.8. The van der Waals surface area contributed by atoms with Crippen LogP contribution in [0.1, 0.15) is 29.8 Å². The number of carboxylic acids is 1. The molecule has 0 aliphatic carbocycles. The van der Waals surface area contributed by atoms with Gasteiger partial charge >= 0.3 is 5.97 Å². The van der Waals surface area contributed by atoms with Gasteiger partial charge in [0.05, 0.1) is 6.54 Å². The van der Waals surface area contributed by atoms with Crippen molar-refractivity contribution in [3.05, 3.63) is 41.0 Å². The van der Waals surface area contributed by atoms with Gasteiger partial charge in [-0.15, -0.1) is 0 Å². The smallest absolute Gasteiger partial charge is 0.317 e. The summed E-state index contributed by atoms with van der Waals surface area (Å²) in [6.07, 6.45) is 2.42. The van der Waals surface area contributed by atoms with Crippen molar-refractivity contribution in [2.45, 2.75) is 25.3 Å². The molecule has 1 saturated heterocycles. The Morgan fingerprint density at radius 2 is 2.04 bits per heavy atom. The highest BCUT2D eigenvalue weighted by atomic mass is 35.5. The van der Waals surface area contributed by atoms with Crippen LogP contribution in [0.3, 0.4) is 0 Å². The van der Waals surface area contributed by atoms with E-state index in [0.717, 1.165) is 24.8 Å². The second kappa shape index (κ2) is 8.54. The number of benzene rings is 1. The van der Waals surface area contributed by atoms with Crippen LogP contribution in [-0.4, -0.2) is 64.7 Å². The van der Waals surface area contributed by atoms with Crippen LogP contribution in [0.25, 0.3) is 11.3 Å². The predicted molar refractivity (Wildman–Crippen MR) is 101 cm³/mol. The van der Waals surface area contributed by atoms with Crippen molar-refractivity contribution in [2.24, 2.45) is 0 Å². The van der Waals surface area contributed by atoms with Gasteiger partial charge in [0, 0.05) is 35.8 Å². The molecule has 0 bridgehead atoms. The van der Waals surface area contributed by atoms with Crippen molar-refractivity contribution < 1.29 is 19.2 Å². The quantitative estimate of drug-likeness (QED) is 0.843. The SMILES string of the molecule is CN(CC(=O)O)C1CCCN(C(=O)c2cc(-c3ccc(Cl)cc3)on2)CC1. The van der Waals surface area contributed by atoms with Crippen molar-refractivity contribution >= 4 is 23.5 Å². The van der Waals surface area contributed by atoms with Crippen LogP contribution in [0, 0.1) is 0 Å². The number of aromatic nitrogens is 1. The highest BCUT2D eigenvalue weighted by Crippen LogP contribution is 2.24. The Morgan fingerprint density at radius 1 is 1.30 bits per heavy atom. The lowest BCUT2D eigenvalue weighted by molar-refractivity contribution is -0.138. The number of hydrogen-bond acceptors (Lipinski definition) is 5. The molecule has 2 aromatic rings. The van der Waals surface area contributed by atoms with Crippen LogP contribution in [-0.2, 0) is 4.79 Å². The number of rotatable bonds is 5. The molecule has 1 aromatic carbocycles. The molecule has 0 radical (unpaired) electrons. The van der Waals surface area contributed by atoms with Gasteiger partial charge in [0.25, 0.3) is 5.91 Å². The summed E-state index contributed by atoms with van der Waals surface area (Å²) in [5.74, 6) is -0.489. The Labute approximate surface area is 162 Å². The monoisotopic (exact) mass is 391 g/mol. The fraction of sp³-hybridized carbons (Fsp3) is 0.421. The lowest BCUT2D eigenvalue weighted by atomic mass is 10.1. The maximum Gasteiger partial charge on any atom is 0.317 e. The number of halogens is 1. The summed E-state index contributed by atoms with van der Waals surface area (Å²) in [6.45, 7) is 1.20. The summed E-state index contributed by atoms with van der Waals surface area (Å²) in [5.41, 5.74) is 1.08. The molecule has 3 rings (SSSR count). The standard InChI is InChI=1S/C19H22ClN3O4/c1-22(12-18(24)25)15-3-2-9-23(10-8-15)19(26)16-11-17(27-21-16)13-4-6-14(20)7-5-13/h4-7,11,15H,2-3,8-10,12H2,1H3,(H,24,25). The van der Waals surface area contributed by atoms with Crippen molar-refractivity contribution in [3.63, 3.8) is 0 Å². The van der Waals surface area contributed by atoms with E-state index in [1.165, 1.54) is 0 Å². The van der Waals surface area contributed by atoms with Crippen LogP contribution in [0.5, 0.6) is 0 Å². The third-order valence-corrected chi connectivity index (χ3v) is 5.10. The molecular formula is C19H22ClN3O4. The number of nitrogens with zero attached hydrogens (tertiary/aromatic N) is 3. The average molecular weight is 392 g/mol. The lowest BCUT2D eigenvalue weighted by Crippen LogP contribution is -2.37. The van der Waals surface area contributed by atoms with E-state index in [9.17, 15) is 9.59 Å². The molecule has 1 fully saturated rings. The largest absolute Gasteiger partial charge is 0.480 e. The number of carbonyl (C=O) groups excluding carboxylic acids is 1. The molecule has 1 aliphatic heterocycles. The van der Waals surface area contributed by atoms with E-state index in [2.05, 4.69) is 5.16 Å². The number of amides is 1. The normalized spacial score (nSPS) is 17.7. The summed E-state index contributed by atoms with van der Waals surface area (Å²) in [7, 11) is 1.81. The van der Waals surface area contributed by atoms with E-state index in [4.69, 9.17) is 21.2 Å². The van der Waals surface area contributed by atoms with E-state index in [1.807, 2.05) is 24.1 Å². The van der Waals surface area contributed by atoms with E-state index in [1.54, 1.807) is 23.1 Å². The second-order valence-corrected chi connectivity index (χ2v) is 7.21. The topological polar surface area (TPSA) is 86.9 Å². The van der Waals surface area contributed by atoms with Crippen LogP contribution < -0.4 is 0 Å². The lowest BCUT2D eigenvalue weighted by Gasteiger charge is -2.25. The molecule has 27 heavy (non-hydrogen) atoms. The number of likely N-dealkylation sites (tertiary alicyclic amines) is 1. The fourth-order valence-corrected chi connectivity index (χ4v) is 3.48. The summed E-state index contributed by atoms with van der Waals surface area (Å²) < 4.78 is 5.32. The molecule has 1 aromatic heterocycles. The minimum atomic E-state index is -0.841. The van der Waals surface area contributed by atoms with Gasteiger partial charge in [0.1, 0.15) is 0 Å². The minimum absolute atomic E-state index is 0.00630. The first kappa shape index (κ1) is 19.4.